The highest BCUT2D eigenvalue weighted by molar-refractivity contribution is 5.63. The van der Waals surface area contributed by atoms with Crippen molar-refractivity contribution in [2.75, 3.05) is 13.6 Å². The summed E-state index contributed by atoms with van der Waals surface area (Å²) in [6, 6.07) is 5.27. The van der Waals surface area contributed by atoms with Crippen LogP contribution in [0.15, 0.2) is 24.4 Å². The zero-order valence-corrected chi connectivity index (χ0v) is 11.7. The normalized spacial score (nSPS) is 11.2. The Hall–Kier alpha value is -1.68. The Morgan fingerprint density at radius 3 is 2.84 bits per heavy atom. The van der Waals surface area contributed by atoms with Gasteiger partial charge in [0.05, 0.1) is 11.9 Å². The van der Waals surface area contributed by atoms with Crippen molar-refractivity contribution in [1.29, 1.82) is 0 Å². The van der Waals surface area contributed by atoms with Gasteiger partial charge in [0, 0.05) is 17.7 Å². The van der Waals surface area contributed by atoms with Crippen LogP contribution >= 0.6 is 0 Å². The fourth-order valence-corrected chi connectivity index (χ4v) is 2.24. The molecule has 1 aromatic heterocycles. The summed E-state index contributed by atoms with van der Waals surface area (Å²) in [4.78, 5) is 2.21. The van der Waals surface area contributed by atoms with Gasteiger partial charge in [0.1, 0.15) is 5.82 Å². The standard InChI is InChI=1S/C15H20FN3/c1-4-7-19(3)10-12-9-17-18-15(12)13-6-5-11(2)8-14(13)16/h5-6,8-9H,4,7,10H2,1-3H3,(H,17,18). The second-order valence-corrected chi connectivity index (χ2v) is 4.99. The number of aromatic nitrogens is 2. The van der Waals surface area contributed by atoms with Gasteiger partial charge in [-0.2, -0.15) is 5.10 Å². The van der Waals surface area contributed by atoms with E-state index in [4.69, 9.17) is 0 Å². The molecule has 102 valence electrons. The molecule has 0 radical (unpaired) electrons. The van der Waals surface area contributed by atoms with Crippen molar-refractivity contribution in [2.45, 2.75) is 26.8 Å². The number of nitrogens with zero attached hydrogens (tertiary/aromatic N) is 2. The highest BCUT2D eigenvalue weighted by atomic mass is 19.1. The molecule has 2 aromatic rings. The minimum atomic E-state index is -0.205. The van der Waals surface area contributed by atoms with Crippen molar-refractivity contribution in [3.05, 3.63) is 41.3 Å². The maximum atomic E-state index is 14.0. The van der Waals surface area contributed by atoms with Crippen LogP contribution in [0.1, 0.15) is 24.5 Å². The van der Waals surface area contributed by atoms with E-state index in [0.717, 1.165) is 36.3 Å². The molecule has 0 atom stereocenters. The first kappa shape index (κ1) is 13.7. The molecular weight excluding hydrogens is 241 g/mol. The maximum Gasteiger partial charge on any atom is 0.132 e. The molecule has 1 heterocycles. The SMILES string of the molecule is CCCN(C)Cc1cn[nH]c1-c1ccc(C)cc1F. The minimum absolute atomic E-state index is 0.205. The van der Waals surface area contributed by atoms with Gasteiger partial charge in [-0.05, 0) is 44.6 Å². The molecule has 0 spiro atoms. The predicted octanol–water partition coefficient (Wildman–Crippen LogP) is 3.37. The molecule has 1 aromatic carbocycles. The van der Waals surface area contributed by atoms with E-state index >= 15 is 0 Å². The molecule has 0 amide bonds. The Morgan fingerprint density at radius 1 is 1.37 bits per heavy atom. The number of halogens is 1. The van der Waals surface area contributed by atoms with Crippen LogP contribution in [0, 0.1) is 12.7 Å². The molecule has 0 fully saturated rings. The van der Waals surface area contributed by atoms with Crippen molar-refractivity contribution in [2.24, 2.45) is 0 Å². The zero-order chi connectivity index (χ0) is 13.8. The topological polar surface area (TPSA) is 31.9 Å². The molecule has 0 aliphatic heterocycles. The van der Waals surface area contributed by atoms with Gasteiger partial charge in [0.25, 0.3) is 0 Å². The first-order chi connectivity index (χ1) is 9.11. The van der Waals surface area contributed by atoms with Crippen LogP contribution in [0.4, 0.5) is 4.39 Å². The van der Waals surface area contributed by atoms with E-state index in [2.05, 4.69) is 29.1 Å². The highest BCUT2D eigenvalue weighted by Gasteiger charge is 2.13. The van der Waals surface area contributed by atoms with Crippen molar-refractivity contribution < 1.29 is 4.39 Å². The summed E-state index contributed by atoms with van der Waals surface area (Å²) < 4.78 is 14.0. The minimum Gasteiger partial charge on any atom is -0.302 e. The summed E-state index contributed by atoms with van der Waals surface area (Å²) in [6.07, 6.45) is 2.88. The molecule has 0 bridgehead atoms. The Labute approximate surface area is 113 Å². The number of aryl methyl sites for hydroxylation is 1. The van der Waals surface area contributed by atoms with E-state index in [9.17, 15) is 4.39 Å². The number of hydrogen-bond donors (Lipinski definition) is 1. The largest absolute Gasteiger partial charge is 0.302 e. The van der Waals surface area contributed by atoms with Crippen molar-refractivity contribution in [3.8, 4) is 11.3 Å². The molecule has 1 N–H and O–H groups in total. The summed E-state index contributed by atoms with van der Waals surface area (Å²) >= 11 is 0. The lowest BCUT2D eigenvalue weighted by atomic mass is 10.1. The molecule has 0 saturated carbocycles. The van der Waals surface area contributed by atoms with Crippen LogP contribution in [-0.4, -0.2) is 28.7 Å². The van der Waals surface area contributed by atoms with Gasteiger partial charge in [-0.25, -0.2) is 4.39 Å². The van der Waals surface area contributed by atoms with Gasteiger partial charge < -0.3 is 4.90 Å². The number of rotatable bonds is 5. The molecule has 3 nitrogen and oxygen atoms in total. The average molecular weight is 261 g/mol. The van der Waals surface area contributed by atoms with Gasteiger partial charge in [-0.3, -0.25) is 5.10 Å². The van der Waals surface area contributed by atoms with Gasteiger partial charge in [0.2, 0.25) is 0 Å². The van der Waals surface area contributed by atoms with Crippen molar-refractivity contribution >= 4 is 0 Å². The lowest BCUT2D eigenvalue weighted by molar-refractivity contribution is 0.328. The lowest BCUT2D eigenvalue weighted by Gasteiger charge is -2.15. The van der Waals surface area contributed by atoms with Gasteiger partial charge >= 0.3 is 0 Å². The summed E-state index contributed by atoms with van der Waals surface area (Å²) in [5.41, 5.74) is 3.31. The Balaban J connectivity index is 2.28. The predicted molar refractivity (Wildman–Crippen MR) is 75.3 cm³/mol. The third kappa shape index (κ3) is 3.20. The smallest absolute Gasteiger partial charge is 0.132 e. The molecule has 4 heteroatoms. The van der Waals surface area contributed by atoms with E-state index in [0.29, 0.717) is 5.56 Å². The number of nitrogens with one attached hydrogen (secondary N) is 1. The monoisotopic (exact) mass is 261 g/mol. The first-order valence-corrected chi connectivity index (χ1v) is 6.59. The van der Waals surface area contributed by atoms with E-state index in [-0.39, 0.29) is 5.82 Å². The Bertz CT molecular complexity index is 548. The van der Waals surface area contributed by atoms with Crippen LogP contribution in [-0.2, 0) is 6.54 Å². The Kier molecular flexibility index (Phi) is 4.32. The number of H-pyrrole nitrogens is 1. The van der Waals surface area contributed by atoms with Crippen molar-refractivity contribution in [1.82, 2.24) is 15.1 Å². The van der Waals surface area contributed by atoms with Crippen LogP contribution < -0.4 is 0 Å². The first-order valence-electron chi connectivity index (χ1n) is 6.59. The Morgan fingerprint density at radius 2 is 2.16 bits per heavy atom. The summed E-state index contributed by atoms with van der Waals surface area (Å²) in [6.45, 7) is 5.82. The molecule has 0 saturated heterocycles. The molecule has 0 unspecified atom stereocenters. The molecule has 2 rings (SSSR count). The van der Waals surface area contributed by atoms with Crippen LogP contribution in [0.25, 0.3) is 11.3 Å². The van der Waals surface area contributed by atoms with Gasteiger partial charge in [-0.15, -0.1) is 0 Å². The average Bonchev–Trinajstić information content (AvgIpc) is 2.77. The fraction of sp³-hybridized carbons (Fsp3) is 0.400. The summed E-state index contributed by atoms with van der Waals surface area (Å²) in [5, 5.41) is 6.97. The fourth-order valence-electron chi connectivity index (χ4n) is 2.24. The third-order valence-corrected chi connectivity index (χ3v) is 3.16. The number of aromatic amines is 1. The summed E-state index contributed by atoms with van der Waals surface area (Å²) in [5.74, 6) is -0.205. The van der Waals surface area contributed by atoms with E-state index in [1.807, 2.05) is 19.1 Å². The second-order valence-electron chi connectivity index (χ2n) is 4.99. The van der Waals surface area contributed by atoms with E-state index in [1.165, 1.54) is 0 Å². The van der Waals surface area contributed by atoms with Gasteiger partial charge in [-0.1, -0.05) is 13.0 Å². The number of hydrogen-bond acceptors (Lipinski definition) is 2. The van der Waals surface area contributed by atoms with E-state index in [1.54, 1.807) is 12.3 Å². The quantitative estimate of drug-likeness (QED) is 0.895. The molecule has 0 aliphatic rings. The van der Waals surface area contributed by atoms with Gasteiger partial charge in [0.15, 0.2) is 0 Å². The van der Waals surface area contributed by atoms with Crippen molar-refractivity contribution in [3.63, 3.8) is 0 Å². The maximum absolute atomic E-state index is 14.0. The number of benzene rings is 1. The lowest BCUT2D eigenvalue weighted by Crippen LogP contribution is -2.18. The van der Waals surface area contributed by atoms with Crippen LogP contribution in [0.2, 0.25) is 0 Å². The third-order valence-electron chi connectivity index (χ3n) is 3.16. The molecular formula is C15H20FN3. The zero-order valence-electron chi connectivity index (χ0n) is 11.7. The summed E-state index contributed by atoms with van der Waals surface area (Å²) in [7, 11) is 2.06. The van der Waals surface area contributed by atoms with E-state index < -0.39 is 0 Å². The van der Waals surface area contributed by atoms with Crippen LogP contribution in [0.5, 0.6) is 0 Å². The van der Waals surface area contributed by atoms with Crippen LogP contribution in [0.3, 0.4) is 0 Å². The highest BCUT2D eigenvalue weighted by Crippen LogP contribution is 2.25. The molecule has 19 heavy (non-hydrogen) atoms. The second kappa shape index (κ2) is 5.97. The molecule has 0 aliphatic carbocycles.